The first kappa shape index (κ1) is 10.2. The number of nitrogens with zero attached hydrogens (tertiary/aromatic N) is 2. The molecule has 1 atom stereocenters. The summed E-state index contributed by atoms with van der Waals surface area (Å²) in [6, 6.07) is 1.93. The molecule has 0 spiro atoms. The quantitative estimate of drug-likeness (QED) is 0.719. The fourth-order valence-corrected chi connectivity index (χ4v) is 1.26. The maximum absolute atomic E-state index is 5.12. The van der Waals surface area contributed by atoms with Crippen molar-refractivity contribution >= 4 is 0 Å². The Labute approximate surface area is 78.6 Å². The molecular formula is C9H17N3O. The minimum absolute atomic E-state index is 0.0961. The average molecular weight is 183 g/mol. The molecule has 1 aromatic rings. The third-order valence-corrected chi connectivity index (χ3v) is 1.91. The molecule has 4 heteroatoms. The molecule has 0 aliphatic rings. The van der Waals surface area contributed by atoms with Gasteiger partial charge in [0.2, 0.25) is 0 Å². The molecule has 0 aliphatic heterocycles. The lowest BCUT2D eigenvalue weighted by Gasteiger charge is -2.13. The van der Waals surface area contributed by atoms with Crippen molar-refractivity contribution in [3.8, 4) is 0 Å². The molecule has 0 amide bonds. The van der Waals surface area contributed by atoms with Gasteiger partial charge in [0.1, 0.15) is 6.10 Å². The zero-order valence-corrected chi connectivity index (χ0v) is 8.40. The topological polar surface area (TPSA) is 53.1 Å². The largest absolute Gasteiger partial charge is 0.295 e. The molecule has 0 fully saturated rings. The first-order chi connectivity index (χ1) is 6.15. The van der Waals surface area contributed by atoms with Crippen molar-refractivity contribution in [2.75, 3.05) is 0 Å². The fraction of sp³-hybridized carbons (Fsp3) is 0.667. The van der Waals surface area contributed by atoms with Crippen LogP contribution >= 0.6 is 0 Å². The van der Waals surface area contributed by atoms with Crippen LogP contribution < -0.4 is 5.90 Å². The Balaban J connectivity index is 2.76. The van der Waals surface area contributed by atoms with Gasteiger partial charge in [-0.15, -0.1) is 0 Å². The van der Waals surface area contributed by atoms with Gasteiger partial charge in [0.25, 0.3) is 0 Å². The van der Waals surface area contributed by atoms with E-state index in [4.69, 9.17) is 10.7 Å². The van der Waals surface area contributed by atoms with Gasteiger partial charge in [0.05, 0.1) is 5.69 Å². The van der Waals surface area contributed by atoms with E-state index in [-0.39, 0.29) is 6.10 Å². The van der Waals surface area contributed by atoms with Crippen molar-refractivity contribution < 1.29 is 4.84 Å². The van der Waals surface area contributed by atoms with Crippen molar-refractivity contribution in [3.63, 3.8) is 0 Å². The molecular weight excluding hydrogens is 166 g/mol. The molecule has 0 saturated carbocycles. The molecule has 1 unspecified atom stereocenters. The lowest BCUT2D eigenvalue weighted by atomic mass is 10.2. The van der Waals surface area contributed by atoms with E-state index in [1.54, 1.807) is 6.20 Å². The molecule has 0 aromatic carbocycles. The van der Waals surface area contributed by atoms with Crippen molar-refractivity contribution in [2.45, 2.75) is 33.4 Å². The van der Waals surface area contributed by atoms with Gasteiger partial charge >= 0.3 is 0 Å². The van der Waals surface area contributed by atoms with Gasteiger partial charge in [-0.2, -0.15) is 5.10 Å². The summed E-state index contributed by atoms with van der Waals surface area (Å²) in [4.78, 5) is 4.76. The van der Waals surface area contributed by atoms with Crippen LogP contribution in [0.2, 0.25) is 0 Å². The van der Waals surface area contributed by atoms with Gasteiger partial charge in [-0.1, -0.05) is 13.8 Å². The van der Waals surface area contributed by atoms with Gasteiger partial charge in [-0.25, -0.2) is 5.90 Å². The highest BCUT2D eigenvalue weighted by molar-refractivity contribution is 5.03. The van der Waals surface area contributed by atoms with E-state index in [1.165, 1.54) is 0 Å². The SMILES string of the molecule is CC(C)Cn1nccc1C(C)ON. The van der Waals surface area contributed by atoms with Crippen LogP contribution in [0.15, 0.2) is 12.3 Å². The molecule has 2 N–H and O–H groups in total. The standard InChI is InChI=1S/C9H17N3O/c1-7(2)6-12-9(4-5-11-12)8(3)13-10/h4-5,7-8H,6,10H2,1-3H3. The summed E-state index contributed by atoms with van der Waals surface area (Å²) in [5, 5.41) is 4.21. The number of hydrogen-bond donors (Lipinski definition) is 1. The van der Waals surface area contributed by atoms with Crippen LogP contribution in [0.3, 0.4) is 0 Å². The second-order valence-electron chi connectivity index (χ2n) is 3.61. The van der Waals surface area contributed by atoms with E-state index in [0.29, 0.717) is 5.92 Å². The van der Waals surface area contributed by atoms with E-state index in [2.05, 4.69) is 18.9 Å². The van der Waals surface area contributed by atoms with Gasteiger partial charge in [-0.05, 0) is 18.9 Å². The number of nitrogens with two attached hydrogens (primary N) is 1. The highest BCUT2D eigenvalue weighted by Gasteiger charge is 2.11. The molecule has 1 heterocycles. The van der Waals surface area contributed by atoms with Crippen molar-refractivity contribution in [3.05, 3.63) is 18.0 Å². The average Bonchev–Trinajstić information content (AvgIpc) is 2.50. The summed E-state index contributed by atoms with van der Waals surface area (Å²) >= 11 is 0. The number of hydrogen-bond acceptors (Lipinski definition) is 3. The smallest absolute Gasteiger partial charge is 0.117 e. The minimum atomic E-state index is -0.0961. The predicted octanol–water partition coefficient (Wildman–Crippen LogP) is 1.49. The van der Waals surface area contributed by atoms with Crippen LogP contribution in [-0.2, 0) is 11.4 Å². The zero-order chi connectivity index (χ0) is 9.84. The van der Waals surface area contributed by atoms with Gasteiger partial charge in [-0.3, -0.25) is 9.52 Å². The van der Waals surface area contributed by atoms with E-state index < -0.39 is 0 Å². The number of aromatic nitrogens is 2. The van der Waals surface area contributed by atoms with Crippen LogP contribution in [0.5, 0.6) is 0 Å². The summed E-state index contributed by atoms with van der Waals surface area (Å²) in [5.74, 6) is 5.69. The Morgan fingerprint density at radius 2 is 2.23 bits per heavy atom. The highest BCUT2D eigenvalue weighted by atomic mass is 16.6. The third-order valence-electron chi connectivity index (χ3n) is 1.91. The van der Waals surface area contributed by atoms with Gasteiger partial charge in [0, 0.05) is 12.7 Å². The molecule has 13 heavy (non-hydrogen) atoms. The molecule has 0 radical (unpaired) electrons. The number of rotatable bonds is 4. The van der Waals surface area contributed by atoms with E-state index in [0.717, 1.165) is 12.2 Å². The Morgan fingerprint density at radius 3 is 2.77 bits per heavy atom. The second-order valence-corrected chi connectivity index (χ2v) is 3.61. The van der Waals surface area contributed by atoms with Crippen molar-refractivity contribution in [1.82, 2.24) is 9.78 Å². The van der Waals surface area contributed by atoms with Crippen LogP contribution in [0, 0.1) is 5.92 Å². The maximum atomic E-state index is 5.12. The van der Waals surface area contributed by atoms with Crippen LogP contribution in [0.25, 0.3) is 0 Å². The lowest BCUT2D eigenvalue weighted by Crippen LogP contribution is -2.14. The molecule has 74 valence electrons. The Morgan fingerprint density at radius 1 is 1.54 bits per heavy atom. The Kier molecular flexibility index (Phi) is 3.45. The van der Waals surface area contributed by atoms with E-state index in [1.807, 2.05) is 17.7 Å². The summed E-state index contributed by atoms with van der Waals surface area (Å²) < 4.78 is 1.93. The Hall–Kier alpha value is -0.870. The summed E-state index contributed by atoms with van der Waals surface area (Å²) in [6.07, 6.45) is 1.67. The van der Waals surface area contributed by atoms with Crippen LogP contribution in [0.1, 0.15) is 32.6 Å². The minimum Gasteiger partial charge on any atom is -0.295 e. The maximum Gasteiger partial charge on any atom is 0.117 e. The van der Waals surface area contributed by atoms with Crippen LogP contribution in [-0.4, -0.2) is 9.78 Å². The molecule has 1 rings (SSSR count). The molecule has 0 bridgehead atoms. The second kappa shape index (κ2) is 4.39. The fourth-order valence-electron chi connectivity index (χ4n) is 1.26. The van der Waals surface area contributed by atoms with Crippen molar-refractivity contribution in [2.24, 2.45) is 11.8 Å². The first-order valence-corrected chi connectivity index (χ1v) is 4.52. The summed E-state index contributed by atoms with van der Waals surface area (Å²) in [6.45, 7) is 7.11. The summed E-state index contributed by atoms with van der Waals surface area (Å²) in [5.41, 5.74) is 1.02. The predicted molar refractivity (Wildman–Crippen MR) is 50.8 cm³/mol. The molecule has 0 saturated heterocycles. The monoisotopic (exact) mass is 183 g/mol. The van der Waals surface area contributed by atoms with Crippen LogP contribution in [0.4, 0.5) is 0 Å². The third kappa shape index (κ3) is 2.54. The first-order valence-electron chi connectivity index (χ1n) is 4.52. The normalized spacial score (nSPS) is 13.6. The van der Waals surface area contributed by atoms with Crippen molar-refractivity contribution in [1.29, 1.82) is 0 Å². The van der Waals surface area contributed by atoms with E-state index in [9.17, 15) is 0 Å². The molecule has 4 nitrogen and oxygen atoms in total. The molecule has 1 aromatic heterocycles. The van der Waals surface area contributed by atoms with Gasteiger partial charge < -0.3 is 0 Å². The molecule has 0 aliphatic carbocycles. The lowest BCUT2D eigenvalue weighted by molar-refractivity contribution is 0.0594. The Bertz CT molecular complexity index is 257. The van der Waals surface area contributed by atoms with Gasteiger partial charge in [0.15, 0.2) is 0 Å². The highest BCUT2D eigenvalue weighted by Crippen LogP contribution is 2.14. The zero-order valence-electron chi connectivity index (χ0n) is 8.40. The summed E-state index contributed by atoms with van der Waals surface area (Å²) in [7, 11) is 0. The van der Waals surface area contributed by atoms with E-state index >= 15 is 0 Å².